The maximum absolute atomic E-state index is 14.1. The number of carbonyl (C=O) groups is 3. The van der Waals surface area contributed by atoms with E-state index in [4.69, 9.17) is 5.73 Å². The van der Waals surface area contributed by atoms with Gasteiger partial charge in [0.05, 0.1) is 11.6 Å². The van der Waals surface area contributed by atoms with Gasteiger partial charge in [0.15, 0.2) is 11.4 Å². The zero-order chi connectivity index (χ0) is 29.3. The van der Waals surface area contributed by atoms with Crippen LogP contribution in [0.5, 0.6) is 5.75 Å². The maximum atomic E-state index is 14.1. The number of anilines is 1. The summed E-state index contributed by atoms with van der Waals surface area (Å²) >= 11 is 0. The van der Waals surface area contributed by atoms with E-state index < -0.39 is 58.0 Å². The number of carbonyl (C=O) groups excluding carboxylic acids is 3. The largest absolute Gasteiger partial charge is 0.508 e. The molecule has 6 N–H and O–H groups in total. The van der Waals surface area contributed by atoms with Crippen molar-refractivity contribution in [2.45, 2.75) is 57.7 Å². The van der Waals surface area contributed by atoms with Crippen LogP contribution in [0.3, 0.4) is 0 Å². The van der Waals surface area contributed by atoms with Crippen LogP contribution in [-0.2, 0) is 27.3 Å². The second kappa shape index (κ2) is 10.8. The first-order valence-electron chi connectivity index (χ1n) is 13.7. The summed E-state index contributed by atoms with van der Waals surface area (Å²) in [7, 11) is 6.90. The van der Waals surface area contributed by atoms with E-state index in [1.807, 2.05) is 25.1 Å². The highest BCUT2D eigenvalue weighted by atomic mass is 16.3. The Hall–Kier alpha value is -3.41. The molecule has 11 heteroatoms. The van der Waals surface area contributed by atoms with Gasteiger partial charge in [-0.15, -0.1) is 0 Å². The Morgan fingerprint density at radius 2 is 1.73 bits per heavy atom. The van der Waals surface area contributed by atoms with Crippen LogP contribution in [0.2, 0.25) is 0 Å². The predicted molar refractivity (Wildman–Crippen MR) is 154 cm³/mol. The fourth-order valence-electron chi connectivity index (χ4n) is 7.22. The van der Waals surface area contributed by atoms with Crippen LogP contribution in [0, 0.1) is 11.8 Å². The number of likely N-dealkylation sites (N-methyl/N-ethyl adjacent to an activating group) is 1. The third-order valence-electron chi connectivity index (χ3n) is 9.10. The van der Waals surface area contributed by atoms with Crippen molar-refractivity contribution in [2.75, 3.05) is 46.2 Å². The minimum absolute atomic E-state index is 0. The monoisotopic (exact) mass is 570 g/mol. The summed E-state index contributed by atoms with van der Waals surface area (Å²) in [6, 6.07) is 0.814. The van der Waals surface area contributed by atoms with Crippen LogP contribution in [0.25, 0.3) is 5.76 Å². The van der Waals surface area contributed by atoms with Crippen LogP contribution < -0.4 is 10.6 Å². The van der Waals surface area contributed by atoms with E-state index in [2.05, 4.69) is 4.90 Å². The van der Waals surface area contributed by atoms with Gasteiger partial charge in [-0.1, -0.05) is 13.8 Å². The maximum Gasteiger partial charge on any atom is 0.255 e. The van der Waals surface area contributed by atoms with Gasteiger partial charge in [0, 0.05) is 43.4 Å². The van der Waals surface area contributed by atoms with Gasteiger partial charge in [-0.25, -0.2) is 0 Å². The van der Waals surface area contributed by atoms with Crippen molar-refractivity contribution in [1.29, 1.82) is 0 Å². The number of aromatic hydroxyl groups is 1. The quantitative estimate of drug-likeness (QED) is 0.328. The molecule has 1 aliphatic heterocycles. The van der Waals surface area contributed by atoms with Crippen molar-refractivity contribution in [3.05, 3.63) is 39.7 Å². The van der Waals surface area contributed by atoms with E-state index in [-0.39, 0.29) is 37.2 Å². The number of piperidine rings is 1. The topological polar surface area (TPSA) is 168 Å². The molecule has 0 unspecified atom stereocenters. The van der Waals surface area contributed by atoms with Crippen molar-refractivity contribution in [2.24, 2.45) is 17.6 Å². The summed E-state index contributed by atoms with van der Waals surface area (Å²) in [5.74, 6) is -6.38. The molecular formula is C30H42N4O7. The van der Waals surface area contributed by atoms with E-state index in [1.165, 1.54) is 4.90 Å². The number of nitrogens with two attached hydrogens (primary N) is 1. The summed E-state index contributed by atoms with van der Waals surface area (Å²) in [6.45, 7) is 2.27. The molecular weight excluding hydrogens is 528 g/mol. The van der Waals surface area contributed by atoms with Gasteiger partial charge in [0.25, 0.3) is 5.91 Å². The van der Waals surface area contributed by atoms with Gasteiger partial charge in [-0.2, -0.15) is 0 Å². The van der Waals surface area contributed by atoms with Crippen molar-refractivity contribution >= 4 is 28.9 Å². The van der Waals surface area contributed by atoms with Crippen LogP contribution in [0.1, 0.15) is 49.8 Å². The van der Waals surface area contributed by atoms with Gasteiger partial charge in [-0.3, -0.25) is 24.2 Å². The second-order valence-electron chi connectivity index (χ2n) is 11.9. The van der Waals surface area contributed by atoms with E-state index in [1.54, 1.807) is 14.1 Å². The number of hydrogen-bond acceptors (Lipinski definition) is 10. The predicted octanol–water partition coefficient (Wildman–Crippen LogP) is 1.65. The van der Waals surface area contributed by atoms with Crippen LogP contribution in [-0.4, -0.2) is 101 Å². The summed E-state index contributed by atoms with van der Waals surface area (Å²) < 4.78 is 0. The number of fused-ring (bicyclic) bond motifs is 3. The average Bonchev–Trinajstić information content (AvgIpc) is 2.87. The van der Waals surface area contributed by atoms with Gasteiger partial charge >= 0.3 is 0 Å². The van der Waals surface area contributed by atoms with Gasteiger partial charge in [-0.05, 0) is 70.4 Å². The number of hydrogen-bond donors (Lipinski definition) is 5. The van der Waals surface area contributed by atoms with Crippen molar-refractivity contribution in [1.82, 2.24) is 9.80 Å². The minimum Gasteiger partial charge on any atom is -0.508 e. The van der Waals surface area contributed by atoms with E-state index in [0.717, 1.165) is 38.0 Å². The Balaban J connectivity index is 0.00000387. The van der Waals surface area contributed by atoms with Gasteiger partial charge < -0.3 is 31.1 Å². The number of Topliss-reactive ketones (excluding diaryl/α,β-unsaturated/α-hetero) is 2. The average molecular weight is 571 g/mol. The molecule has 1 heterocycles. The molecule has 1 aromatic rings. The summed E-state index contributed by atoms with van der Waals surface area (Å²) in [4.78, 5) is 45.1. The minimum atomic E-state index is -2.64. The molecule has 1 saturated heterocycles. The highest BCUT2D eigenvalue weighted by Crippen LogP contribution is 2.54. The molecule has 0 bridgehead atoms. The molecule has 1 saturated carbocycles. The highest BCUT2D eigenvalue weighted by Gasteiger charge is 2.64. The fraction of sp³-hybridized carbons (Fsp3) is 0.567. The Labute approximate surface area is 240 Å². The molecule has 4 aliphatic rings. The van der Waals surface area contributed by atoms with Gasteiger partial charge in [0.2, 0.25) is 5.78 Å². The number of primary amides is 1. The van der Waals surface area contributed by atoms with Crippen molar-refractivity contribution in [3.63, 3.8) is 0 Å². The number of aliphatic hydroxyl groups excluding tert-OH is 2. The fourth-order valence-corrected chi connectivity index (χ4v) is 7.22. The second-order valence-corrected chi connectivity index (χ2v) is 11.9. The third-order valence-corrected chi connectivity index (χ3v) is 9.10. The van der Waals surface area contributed by atoms with Crippen molar-refractivity contribution < 1.29 is 34.8 Å². The first-order valence-corrected chi connectivity index (χ1v) is 13.7. The van der Waals surface area contributed by atoms with Gasteiger partial charge in [0.1, 0.15) is 22.8 Å². The SMILES string of the molecule is C.CN(C)c1cc(CN2CCCCC2)c(O)c2c1C[C@H]1C[C@H]3[C@H](N(C)C)C(=O)C(C(N)=O)=C(O)[C@@]3(O)C(=O)C1=C2O. The summed E-state index contributed by atoms with van der Waals surface area (Å²) in [5, 5.41) is 45.9. The van der Waals surface area contributed by atoms with E-state index >= 15 is 0 Å². The highest BCUT2D eigenvalue weighted by molar-refractivity contribution is 6.24. The van der Waals surface area contributed by atoms with E-state index in [0.29, 0.717) is 17.7 Å². The first-order chi connectivity index (χ1) is 18.8. The zero-order valence-corrected chi connectivity index (χ0v) is 23.4. The zero-order valence-electron chi connectivity index (χ0n) is 23.4. The lowest BCUT2D eigenvalue weighted by molar-refractivity contribution is -0.153. The number of aliphatic hydroxyl groups is 3. The Morgan fingerprint density at radius 3 is 2.29 bits per heavy atom. The number of phenolic OH excluding ortho intramolecular Hbond substituents is 1. The Morgan fingerprint density at radius 1 is 1.10 bits per heavy atom. The third kappa shape index (κ3) is 4.50. The number of benzene rings is 1. The van der Waals surface area contributed by atoms with Crippen LogP contribution in [0.15, 0.2) is 23.0 Å². The molecule has 0 aromatic heterocycles. The lowest BCUT2D eigenvalue weighted by atomic mass is 9.57. The number of phenols is 1. The smallest absolute Gasteiger partial charge is 0.255 e. The first kappa shape index (κ1) is 30.5. The molecule has 0 spiro atoms. The standard InChI is InChI=1S/C29H38N4O7.CH4/c1-31(2)18-12-15(13-33-8-6-5-7-9-33)23(34)20-16(18)10-14-11-17-22(32(3)4)25(36)21(28(30)39)27(38)29(17,40)26(37)19(14)24(20)35;/h12,14,17,22,34-35,38,40H,5-11,13H2,1-4H3,(H2,30,39);1H4/t14-,17-,22-,29-;/m0./s1. The van der Waals surface area contributed by atoms with Crippen LogP contribution in [0.4, 0.5) is 5.69 Å². The summed E-state index contributed by atoms with van der Waals surface area (Å²) in [6.07, 6.45) is 3.62. The molecule has 224 valence electrons. The van der Waals surface area contributed by atoms with E-state index in [9.17, 15) is 34.8 Å². The molecule has 3 aliphatic carbocycles. The number of likely N-dealkylation sites (tertiary alicyclic amines) is 1. The number of amides is 1. The lowest BCUT2D eigenvalue weighted by Gasteiger charge is -2.50. The lowest BCUT2D eigenvalue weighted by Crippen LogP contribution is -2.65. The molecule has 4 atom stereocenters. The number of nitrogens with zero attached hydrogens (tertiary/aromatic N) is 3. The molecule has 11 nitrogen and oxygen atoms in total. The summed E-state index contributed by atoms with van der Waals surface area (Å²) in [5.41, 5.74) is 4.00. The molecule has 2 fully saturated rings. The number of ketones is 2. The van der Waals surface area contributed by atoms with Crippen LogP contribution >= 0.6 is 0 Å². The van der Waals surface area contributed by atoms with Crippen molar-refractivity contribution in [3.8, 4) is 5.75 Å². The molecule has 41 heavy (non-hydrogen) atoms. The Bertz CT molecular complexity index is 1360. The number of rotatable bonds is 5. The molecule has 5 rings (SSSR count). The molecule has 1 amide bonds. The normalized spacial score (nSPS) is 28.2. The Kier molecular flexibility index (Phi) is 8.03. The molecule has 1 aromatic carbocycles. The molecule has 0 radical (unpaired) electrons.